The van der Waals surface area contributed by atoms with Crippen LogP contribution in [0, 0.1) is 6.92 Å². The fourth-order valence-corrected chi connectivity index (χ4v) is 6.72. The number of aryl methyl sites for hydroxylation is 1. The summed E-state index contributed by atoms with van der Waals surface area (Å²) in [5, 5.41) is 3.51. The largest absolute Gasteiger partial charge is 0.427 e. The maximum absolute atomic E-state index is 5.74. The maximum Gasteiger partial charge on any atom is 0.192 e. The van der Waals surface area contributed by atoms with Crippen molar-refractivity contribution in [2.24, 2.45) is 0 Å². The van der Waals surface area contributed by atoms with Crippen molar-refractivity contribution in [3.05, 3.63) is 115 Å². The minimum absolute atomic E-state index is 0.860. The van der Waals surface area contributed by atoms with E-state index in [0.29, 0.717) is 0 Å². The number of para-hydroxylation sites is 1. The van der Waals surface area contributed by atoms with E-state index in [0.717, 1.165) is 44.8 Å². The fourth-order valence-electron chi connectivity index (χ4n) is 6.25. The molecule has 0 aliphatic heterocycles. The van der Waals surface area contributed by atoms with Gasteiger partial charge >= 0.3 is 0 Å². The molecule has 0 N–H and O–H groups in total. The Morgan fingerprint density at radius 3 is 1.84 bits per heavy atom. The van der Waals surface area contributed by atoms with Crippen LogP contribution in [0.25, 0.3) is 72.1 Å². The molecule has 0 saturated heterocycles. The zero-order valence-corrected chi connectivity index (χ0v) is 22.7. The standard InChI is InChI=1S/C34H21IN2O/c1-20-30(38-35)19-18-26-25-14-8-9-17-29(25)37-33-28-16-7-5-13-24(28)22-11-3-2-10-21(22)23-12-4-6-15-27(23)32(33)36-34(37)31(20)26/h2-19H,1H3. The second-order valence-electron chi connectivity index (χ2n) is 9.81. The lowest BCUT2D eigenvalue weighted by molar-refractivity contribution is 0.711. The van der Waals surface area contributed by atoms with Crippen LogP contribution in [0.2, 0.25) is 0 Å². The second-order valence-corrected chi connectivity index (χ2v) is 10.3. The average molecular weight is 600 g/mol. The molecule has 1 aliphatic rings. The van der Waals surface area contributed by atoms with Gasteiger partial charge in [-0.25, -0.2) is 4.98 Å². The van der Waals surface area contributed by atoms with Crippen LogP contribution in [0.4, 0.5) is 0 Å². The van der Waals surface area contributed by atoms with E-state index in [-0.39, 0.29) is 0 Å². The number of hydrogen-bond acceptors (Lipinski definition) is 2. The molecule has 0 fully saturated rings. The molecule has 3 nitrogen and oxygen atoms in total. The van der Waals surface area contributed by atoms with Crippen LogP contribution in [0.15, 0.2) is 109 Å². The summed E-state index contributed by atoms with van der Waals surface area (Å²) in [6.45, 7) is 2.13. The summed E-state index contributed by atoms with van der Waals surface area (Å²) < 4.78 is 8.12. The zero-order valence-electron chi connectivity index (χ0n) is 20.6. The van der Waals surface area contributed by atoms with Crippen LogP contribution in [0.3, 0.4) is 0 Å². The van der Waals surface area contributed by atoms with Crippen molar-refractivity contribution in [3.63, 3.8) is 0 Å². The molecule has 38 heavy (non-hydrogen) atoms. The Morgan fingerprint density at radius 1 is 0.605 bits per heavy atom. The van der Waals surface area contributed by atoms with Crippen molar-refractivity contribution >= 4 is 50.3 Å². The third-order valence-corrected chi connectivity index (χ3v) is 8.38. The summed E-state index contributed by atoms with van der Waals surface area (Å²) in [6.07, 6.45) is 0. The van der Waals surface area contributed by atoms with Gasteiger partial charge in [0.15, 0.2) is 23.0 Å². The summed E-state index contributed by atoms with van der Waals surface area (Å²) in [7, 11) is 0. The molecule has 5 aromatic carbocycles. The number of aromatic nitrogens is 2. The van der Waals surface area contributed by atoms with Gasteiger partial charge in [-0.05, 0) is 52.8 Å². The Labute approximate surface area is 234 Å². The van der Waals surface area contributed by atoms with Gasteiger partial charge in [0.25, 0.3) is 0 Å². The number of imidazole rings is 1. The maximum atomic E-state index is 5.74. The molecule has 4 heteroatoms. The summed E-state index contributed by atoms with van der Waals surface area (Å²) in [5.41, 5.74) is 12.5. The van der Waals surface area contributed by atoms with Crippen molar-refractivity contribution < 1.29 is 3.07 Å². The molecular formula is C34H21IN2O. The summed E-state index contributed by atoms with van der Waals surface area (Å²) in [5.74, 6) is 0.860. The summed E-state index contributed by atoms with van der Waals surface area (Å²) in [4.78, 5) is 5.49. The van der Waals surface area contributed by atoms with Gasteiger partial charge in [0.1, 0.15) is 11.4 Å². The minimum atomic E-state index is 0.860. The molecule has 0 unspecified atom stereocenters. The van der Waals surface area contributed by atoms with Gasteiger partial charge in [-0.2, -0.15) is 0 Å². The number of pyridine rings is 1. The quantitative estimate of drug-likeness (QED) is 0.139. The Bertz CT molecular complexity index is 2090. The molecule has 7 aromatic rings. The first-order valence-corrected chi connectivity index (χ1v) is 13.6. The molecule has 2 heterocycles. The lowest BCUT2D eigenvalue weighted by Gasteiger charge is -2.21. The van der Waals surface area contributed by atoms with E-state index in [9.17, 15) is 0 Å². The van der Waals surface area contributed by atoms with Crippen LogP contribution >= 0.6 is 23.0 Å². The van der Waals surface area contributed by atoms with E-state index in [1.54, 1.807) is 0 Å². The fraction of sp³-hybridized carbons (Fsp3) is 0.0294. The molecule has 0 saturated carbocycles. The molecule has 0 spiro atoms. The molecular weight excluding hydrogens is 579 g/mol. The van der Waals surface area contributed by atoms with Gasteiger partial charge < -0.3 is 3.07 Å². The van der Waals surface area contributed by atoms with Crippen LogP contribution in [0.5, 0.6) is 5.75 Å². The Kier molecular flexibility index (Phi) is 4.70. The molecule has 1 aliphatic carbocycles. The van der Waals surface area contributed by atoms with Gasteiger partial charge in [0.2, 0.25) is 0 Å². The van der Waals surface area contributed by atoms with Gasteiger partial charge in [-0.3, -0.25) is 4.40 Å². The highest BCUT2D eigenvalue weighted by atomic mass is 127. The van der Waals surface area contributed by atoms with Crippen molar-refractivity contribution in [3.8, 4) is 50.5 Å². The Balaban J connectivity index is 1.68. The predicted octanol–water partition coefficient (Wildman–Crippen LogP) is 9.66. The van der Waals surface area contributed by atoms with Crippen molar-refractivity contribution in [2.75, 3.05) is 0 Å². The Hall–Kier alpha value is -4.16. The van der Waals surface area contributed by atoms with Crippen LogP contribution in [0.1, 0.15) is 5.56 Å². The Morgan fingerprint density at radius 2 is 1.16 bits per heavy atom. The highest BCUT2D eigenvalue weighted by Crippen LogP contribution is 2.49. The topological polar surface area (TPSA) is 26.5 Å². The summed E-state index contributed by atoms with van der Waals surface area (Å²) >= 11 is 1.97. The first kappa shape index (κ1) is 21.9. The van der Waals surface area contributed by atoms with Crippen molar-refractivity contribution in [1.29, 1.82) is 0 Å². The molecule has 0 amide bonds. The van der Waals surface area contributed by atoms with E-state index in [4.69, 9.17) is 8.05 Å². The molecule has 0 atom stereocenters. The lowest BCUT2D eigenvalue weighted by atomic mass is 9.84. The molecule has 0 bridgehead atoms. The number of benzene rings is 5. The second kappa shape index (κ2) is 8.17. The number of rotatable bonds is 1. The van der Waals surface area contributed by atoms with E-state index in [2.05, 4.69) is 121 Å². The third kappa shape index (κ3) is 2.86. The monoisotopic (exact) mass is 600 g/mol. The van der Waals surface area contributed by atoms with Crippen molar-refractivity contribution in [1.82, 2.24) is 9.38 Å². The number of hydrogen-bond donors (Lipinski definition) is 0. The lowest BCUT2D eigenvalue weighted by Crippen LogP contribution is -1.99. The summed E-state index contributed by atoms with van der Waals surface area (Å²) in [6, 6.07) is 39.0. The number of halogens is 1. The van der Waals surface area contributed by atoms with E-state index < -0.39 is 0 Å². The molecule has 8 rings (SSSR count). The molecule has 0 radical (unpaired) electrons. The minimum Gasteiger partial charge on any atom is -0.427 e. The van der Waals surface area contributed by atoms with Gasteiger partial charge in [0.05, 0.1) is 16.9 Å². The van der Waals surface area contributed by atoms with Crippen LogP contribution in [-0.2, 0) is 0 Å². The van der Waals surface area contributed by atoms with E-state index >= 15 is 0 Å². The SMILES string of the molecule is Cc1c(OI)ccc2c3ccccc3n3c4c(nc3c12)-c1ccccc1-c1ccccc1-c1ccccc1-4. The molecule has 2 aromatic heterocycles. The van der Waals surface area contributed by atoms with Gasteiger partial charge in [0, 0.05) is 27.5 Å². The first-order chi connectivity index (χ1) is 18.8. The number of nitrogens with zero attached hydrogens (tertiary/aromatic N) is 2. The zero-order chi connectivity index (χ0) is 25.4. The van der Waals surface area contributed by atoms with Gasteiger partial charge in [-0.1, -0.05) is 91.0 Å². The predicted molar refractivity (Wildman–Crippen MR) is 165 cm³/mol. The van der Waals surface area contributed by atoms with Gasteiger partial charge in [-0.15, -0.1) is 0 Å². The highest BCUT2D eigenvalue weighted by Gasteiger charge is 2.28. The smallest absolute Gasteiger partial charge is 0.192 e. The first-order valence-electron chi connectivity index (χ1n) is 12.7. The molecule has 180 valence electrons. The van der Waals surface area contributed by atoms with E-state index in [1.807, 2.05) is 23.0 Å². The van der Waals surface area contributed by atoms with Crippen molar-refractivity contribution in [2.45, 2.75) is 6.92 Å². The number of fused-ring (bicyclic) bond motifs is 15. The third-order valence-electron chi connectivity index (χ3n) is 7.91. The van der Waals surface area contributed by atoms with Crippen LogP contribution in [-0.4, -0.2) is 9.38 Å². The van der Waals surface area contributed by atoms with E-state index in [1.165, 1.54) is 38.6 Å². The highest BCUT2D eigenvalue weighted by molar-refractivity contribution is 14.1. The van der Waals surface area contributed by atoms with Crippen LogP contribution < -0.4 is 3.07 Å². The normalized spacial score (nSPS) is 11.9. The average Bonchev–Trinajstić information content (AvgIpc) is 3.37.